The molecule has 0 aliphatic heterocycles. The molecule has 0 amide bonds. The number of hydrogen-bond donors (Lipinski definition) is 2. The zero-order chi connectivity index (χ0) is 62.8. The van der Waals surface area contributed by atoms with Gasteiger partial charge in [-0.1, -0.05) is 12.8 Å². The van der Waals surface area contributed by atoms with Gasteiger partial charge < -0.3 is 105 Å². The molecule has 0 rings (SSSR count). The van der Waals surface area contributed by atoms with Crippen LogP contribution in [0, 0.1) is 0 Å². The second-order valence-electron chi connectivity index (χ2n) is 21.2. The van der Waals surface area contributed by atoms with E-state index in [-0.39, 0.29) is 13.2 Å². The largest absolute Gasteiger partial charge is 0.396 e. The van der Waals surface area contributed by atoms with Crippen LogP contribution in [0.25, 0.3) is 0 Å². The highest BCUT2D eigenvalue weighted by molar-refractivity contribution is 4.49. The predicted molar refractivity (Wildman–Crippen MR) is 341 cm³/mol. The third-order valence-electron chi connectivity index (χ3n) is 12.6. The molecule has 0 aromatic rings. The lowest BCUT2D eigenvalue weighted by molar-refractivity contribution is 0.0400. The van der Waals surface area contributed by atoms with Gasteiger partial charge in [0.25, 0.3) is 0 Å². The average Bonchev–Trinajstić information content (AvgIpc) is 3.54. The van der Waals surface area contributed by atoms with Gasteiger partial charge in [-0.3, -0.25) is 0 Å². The third-order valence-corrected chi connectivity index (χ3v) is 12.6. The fourth-order valence-electron chi connectivity index (χ4n) is 7.87. The molecule has 0 saturated carbocycles. The van der Waals surface area contributed by atoms with Crippen molar-refractivity contribution in [3.05, 3.63) is 0 Å². The van der Waals surface area contributed by atoms with E-state index >= 15 is 0 Å². The van der Waals surface area contributed by atoms with E-state index in [4.69, 9.17) is 105 Å². The van der Waals surface area contributed by atoms with Crippen molar-refractivity contribution >= 4 is 0 Å². The van der Waals surface area contributed by atoms with Crippen molar-refractivity contribution in [1.29, 1.82) is 0 Å². The minimum atomic E-state index is 0.175. The molecule has 0 heterocycles. The summed E-state index contributed by atoms with van der Waals surface area (Å²) < 4.78 is 113. The van der Waals surface area contributed by atoms with E-state index in [0.717, 1.165) is 181 Å². The Labute approximate surface area is 534 Å². The van der Waals surface area contributed by atoms with Crippen LogP contribution < -0.4 is 0 Å². The lowest BCUT2D eigenvalue weighted by Gasteiger charge is -2.08. The van der Waals surface area contributed by atoms with Gasteiger partial charge in [0.15, 0.2) is 0 Å². The molecule has 0 bridgehead atoms. The number of ether oxygens (including phenoxy) is 20. The summed E-state index contributed by atoms with van der Waals surface area (Å²) in [7, 11) is 0. The van der Waals surface area contributed by atoms with E-state index in [2.05, 4.69) is 0 Å². The molecule has 0 unspecified atom stereocenters. The Bertz CT molecular complexity index is 1090. The zero-order valence-electron chi connectivity index (χ0n) is 55.7. The van der Waals surface area contributed by atoms with Crippen molar-refractivity contribution in [3.63, 3.8) is 0 Å². The maximum atomic E-state index is 8.71. The van der Waals surface area contributed by atoms with Crippen molar-refractivity contribution < 1.29 is 105 Å². The van der Waals surface area contributed by atoms with Crippen molar-refractivity contribution in [3.8, 4) is 0 Å². The SMILES string of the molecule is OCCCOCCCOCCCOCCCOCCCOCCCOCCCOCCCOCCCOCCCOCCCCCCOCCCOCCCOCCCOCCCOCCCOCCCOCCCOCCCOCCCOCCCO. The first-order valence-electron chi connectivity index (χ1n) is 34.7. The Morgan fingerprint density at radius 1 is 0.0909 bits per heavy atom. The van der Waals surface area contributed by atoms with E-state index in [1.54, 1.807) is 0 Å². The van der Waals surface area contributed by atoms with Crippen LogP contribution in [0.15, 0.2) is 0 Å². The maximum absolute atomic E-state index is 8.71. The number of aliphatic hydroxyl groups is 2. The highest BCUT2D eigenvalue weighted by Gasteiger charge is 2.02. The molecule has 0 fully saturated rings. The van der Waals surface area contributed by atoms with Crippen LogP contribution in [0.3, 0.4) is 0 Å². The topological polar surface area (TPSA) is 225 Å². The van der Waals surface area contributed by atoms with Crippen molar-refractivity contribution in [1.82, 2.24) is 0 Å². The smallest absolute Gasteiger partial charge is 0.0488 e. The monoisotopic (exact) mass is 1280 g/mol. The maximum Gasteiger partial charge on any atom is 0.0488 e. The summed E-state index contributed by atoms with van der Waals surface area (Å²) in [5, 5.41) is 17.4. The van der Waals surface area contributed by atoms with Gasteiger partial charge in [-0.25, -0.2) is 0 Å². The molecular weight excluding hydrogens is 1140 g/mol. The minimum Gasteiger partial charge on any atom is -0.396 e. The molecule has 0 atom stereocenters. The van der Waals surface area contributed by atoms with Crippen molar-refractivity contribution in [2.75, 3.05) is 277 Å². The van der Waals surface area contributed by atoms with Gasteiger partial charge in [0.05, 0.1) is 0 Å². The van der Waals surface area contributed by atoms with Gasteiger partial charge in [0.2, 0.25) is 0 Å². The molecule has 530 valence electrons. The van der Waals surface area contributed by atoms with E-state index in [1.807, 2.05) is 0 Å². The van der Waals surface area contributed by atoms with Gasteiger partial charge in [-0.2, -0.15) is 0 Å². The van der Waals surface area contributed by atoms with Crippen LogP contribution in [-0.2, 0) is 94.7 Å². The molecule has 0 aliphatic rings. The lowest BCUT2D eigenvalue weighted by Crippen LogP contribution is -2.08. The minimum absolute atomic E-state index is 0.175. The Morgan fingerprint density at radius 2 is 0.170 bits per heavy atom. The Hall–Kier alpha value is -0.880. The Morgan fingerprint density at radius 3 is 0.261 bits per heavy atom. The summed E-state index contributed by atoms with van der Waals surface area (Å²) in [5.74, 6) is 0. The quantitative estimate of drug-likeness (QED) is 0.0543. The standard InChI is InChI=1S/C66H134O22/c67-25-5-29-71-33-9-37-75-41-13-45-79-49-17-53-83-57-21-61-87-65-23-63-85-59-19-55-81-51-15-47-77-43-11-39-73-35-7-31-69-27-3-1-2-4-28-70-32-8-36-74-40-12-44-78-48-16-52-82-56-20-60-86-64-24-66-88-62-22-58-84-54-18-50-80-46-14-42-76-38-10-34-72-30-6-26-68/h67-68H,1-66H2. The number of unbranched alkanes of at least 4 members (excludes halogenated alkanes) is 3. The summed E-state index contributed by atoms with van der Waals surface area (Å²) in [6.07, 6.45) is 21.9. The van der Waals surface area contributed by atoms with Crippen LogP contribution in [0.5, 0.6) is 0 Å². The molecule has 0 aliphatic carbocycles. The number of aliphatic hydroxyl groups excluding tert-OH is 2. The first kappa shape index (κ1) is 87.1. The van der Waals surface area contributed by atoms with E-state index < -0.39 is 0 Å². The molecule has 22 heteroatoms. The summed E-state index contributed by atoms with van der Waals surface area (Å²) >= 11 is 0. The van der Waals surface area contributed by atoms with Crippen LogP contribution in [0.2, 0.25) is 0 Å². The second-order valence-corrected chi connectivity index (χ2v) is 21.2. The van der Waals surface area contributed by atoms with Crippen LogP contribution in [0.4, 0.5) is 0 Å². The molecule has 0 aromatic carbocycles. The second kappa shape index (κ2) is 86.1. The molecule has 0 spiro atoms. The van der Waals surface area contributed by atoms with Crippen molar-refractivity contribution in [2.45, 2.75) is 154 Å². The summed E-state index contributed by atoms with van der Waals surface area (Å²) in [6.45, 7) is 28.6. The number of rotatable bonds is 85. The van der Waals surface area contributed by atoms with Gasteiger partial charge >= 0.3 is 0 Å². The predicted octanol–water partition coefficient (Wildman–Crippen LogP) is 8.67. The number of hydrogen-bond acceptors (Lipinski definition) is 22. The highest BCUT2D eigenvalue weighted by Crippen LogP contribution is 2.03. The summed E-state index contributed by atoms with van der Waals surface area (Å²) in [6, 6.07) is 0. The van der Waals surface area contributed by atoms with E-state index in [0.29, 0.717) is 237 Å². The van der Waals surface area contributed by atoms with Gasteiger partial charge in [-0.15, -0.1) is 0 Å². The highest BCUT2D eigenvalue weighted by atomic mass is 16.5. The summed E-state index contributed by atoms with van der Waals surface area (Å²) in [5.41, 5.74) is 0. The van der Waals surface area contributed by atoms with Crippen LogP contribution >= 0.6 is 0 Å². The fraction of sp³-hybridized carbons (Fsp3) is 1.00. The van der Waals surface area contributed by atoms with Crippen LogP contribution in [-0.4, -0.2) is 288 Å². The van der Waals surface area contributed by atoms with E-state index in [9.17, 15) is 0 Å². The molecule has 0 radical (unpaired) electrons. The molecule has 88 heavy (non-hydrogen) atoms. The fourth-order valence-corrected chi connectivity index (χ4v) is 7.87. The van der Waals surface area contributed by atoms with Gasteiger partial charge in [0, 0.05) is 277 Å². The third kappa shape index (κ3) is 85.1. The van der Waals surface area contributed by atoms with Gasteiger partial charge in [-0.05, 0) is 141 Å². The first-order chi connectivity index (χ1) is 43.9. The molecule has 0 aromatic heterocycles. The lowest BCUT2D eigenvalue weighted by atomic mass is 10.2. The molecule has 22 nitrogen and oxygen atoms in total. The van der Waals surface area contributed by atoms with Crippen molar-refractivity contribution in [2.24, 2.45) is 0 Å². The zero-order valence-corrected chi connectivity index (χ0v) is 55.7. The Kier molecular flexibility index (Phi) is 85.3. The summed E-state index contributed by atoms with van der Waals surface area (Å²) in [4.78, 5) is 0. The average molecular weight is 1280 g/mol. The molecule has 0 saturated heterocycles. The first-order valence-corrected chi connectivity index (χ1v) is 34.7. The molecule has 2 N–H and O–H groups in total. The normalized spacial score (nSPS) is 11.8. The van der Waals surface area contributed by atoms with Gasteiger partial charge in [0.1, 0.15) is 0 Å². The Balaban J connectivity index is 3.08. The van der Waals surface area contributed by atoms with Crippen LogP contribution in [0.1, 0.15) is 154 Å². The molecular formula is C66H134O22. The van der Waals surface area contributed by atoms with E-state index in [1.165, 1.54) is 0 Å².